The van der Waals surface area contributed by atoms with Crippen molar-refractivity contribution in [2.45, 2.75) is 19.1 Å². The van der Waals surface area contributed by atoms with Crippen molar-refractivity contribution in [3.05, 3.63) is 65.7 Å². The van der Waals surface area contributed by atoms with Crippen molar-refractivity contribution in [1.29, 1.82) is 0 Å². The molecule has 2 aromatic carbocycles. The number of ether oxygens (including phenoxy) is 2. The van der Waals surface area contributed by atoms with Crippen molar-refractivity contribution in [2.75, 3.05) is 0 Å². The number of ketones is 1. The van der Waals surface area contributed by atoms with Crippen LogP contribution in [0.3, 0.4) is 0 Å². The lowest BCUT2D eigenvalue weighted by molar-refractivity contribution is -0.154. The monoisotopic (exact) mass is 308 g/mol. The predicted octanol–water partition coefficient (Wildman–Crippen LogP) is 3.01. The van der Waals surface area contributed by atoms with Gasteiger partial charge < -0.3 is 9.47 Å². The number of para-hydroxylation sites is 1. The van der Waals surface area contributed by atoms with E-state index >= 15 is 0 Å². The average molecular weight is 308 g/mol. The third-order valence-corrected chi connectivity index (χ3v) is 4.57. The van der Waals surface area contributed by atoms with E-state index in [1.165, 1.54) is 0 Å². The molecule has 4 rings (SSSR count). The number of fused-ring (bicyclic) bond motifs is 2. The Morgan fingerprint density at radius 2 is 1.74 bits per heavy atom. The summed E-state index contributed by atoms with van der Waals surface area (Å²) >= 11 is 0. The van der Waals surface area contributed by atoms with Crippen LogP contribution in [0.5, 0.6) is 5.75 Å². The van der Waals surface area contributed by atoms with Gasteiger partial charge in [-0.15, -0.1) is 0 Å². The van der Waals surface area contributed by atoms with Gasteiger partial charge in [-0.05, 0) is 18.1 Å². The molecule has 23 heavy (non-hydrogen) atoms. The first-order chi connectivity index (χ1) is 11.2. The van der Waals surface area contributed by atoms with E-state index in [4.69, 9.17) is 9.47 Å². The average Bonchev–Trinajstić information content (AvgIpc) is 2.88. The molecule has 0 amide bonds. The van der Waals surface area contributed by atoms with Gasteiger partial charge in [0.25, 0.3) is 0 Å². The Morgan fingerprint density at radius 3 is 2.57 bits per heavy atom. The number of Topliss-reactive ketones (excluding diaryl/α,β-unsaturated/α-hetero) is 1. The van der Waals surface area contributed by atoms with Crippen molar-refractivity contribution in [1.82, 2.24) is 0 Å². The summed E-state index contributed by atoms with van der Waals surface area (Å²) in [5.41, 5.74) is 1.69. The van der Waals surface area contributed by atoms with Crippen molar-refractivity contribution in [3.63, 3.8) is 0 Å². The minimum Gasteiger partial charge on any atom is -0.454 e. The standard InChI is InChI=1S/C19H16O4/c20-16(12-6-2-1-3-7-12)11-14-15-10-13-8-4-5-9-17(13)22-19(15)23-18(14)21/h1-9,14-15,19H,10-11H2/t14-,15+,19-/m0/s1. The van der Waals surface area contributed by atoms with Crippen molar-refractivity contribution in [3.8, 4) is 5.75 Å². The van der Waals surface area contributed by atoms with Gasteiger partial charge in [-0.1, -0.05) is 48.5 Å². The second-order valence-corrected chi connectivity index (χ2v) is 6.00. The summed E-state index contributed by atoms with van der Waals surface area (Å²) in [6.07, 6.45) is 0.278. The number of benzene rings is 2. The molecule has 4 nitrogen and oxygen atoms in total. The molecule has 0 bridgehead atoms. The van der Waals surface area contributed by atoms with Gasteiger partial charge in [0, 0.05) is 12.0 Å². The summed E-state index contributed by atoms with van der Waals surface area (Å²) in [6, 6.07) is 16.8. The van der Waals surface area contributed by atoms with Crippen LogP contribution >= 0.6 is 0 Å². The SMILES string of the molecule is O=C(C[C@@H]1C(=O)O[C@@H]2Oc3ccccc3C[C@@H]21)c1ccccc1. The first kappa shape index (κ1) is 14.0. The number of hydrogen-bond donors (Lipinski definition) is 0. The molecule has 0 aliphatic carbocycles. The fourth-order valence-corrected chi connectivity index (χ4v) is 3.35. The number of rotatable bonds is 3. The van der Waals surface area contributed by atoms with Crippen molar-refractivity contribution >= 4 is 11.8 Å². The molecule has 2 aliphatic heterocycles. The van der Waals surface area contributed by atoms with Crippen molar-refractivity contribution < 1.29 is 19.1 Å². The van der Waals surface area contributed by atoms with E-state index in [2.05, 4.69) is 0 Å². The molecule has 0 N–H and O–H groups in total. The molecular weight excluding hydrogens is 292 g/mol. The highest BCUT2D eigenvalue weighted by molar-refractivity contribution is 5.98. The summed E-state index contributed by atoms with van der Waals surface area (Å²) in [5.74, 6) is -0.160. The lowest BCUT2D eigenvalue weighted by atomic mass is 9.83. The molecule has 2 heterocycles. The quantitative estimate of drug-likeness (QED) is 0.646. The van der Waals surface area contributed by atoms with Gasteiger partial charge in [-0.3, -0.25) is 9.59 Å². The Balaban J connectivity index is 1.56. The molecule has 1 fully saturated rings. The van der Waals surface area contributed by atoms with Gasteiger partial charge in [0.2, 0.25) is 6.29 Å². The lowest BCUT2D eigenvalue weighted by Crippen LogP contribution is -2.33. The minimum absolute atomic E-state index is 0.0351. The highest BCUT2D eigenvalue weighted by atomic mass is 16.7. The Labute approximate surface area is 134 Å². The Bertz CT molecular complexity index is 753. The summed E-state index contributed by atoms with van der Waals surface area (Å²) < 4.78 is 11.1. The molecule has 4 heteroatoms. The van der Waals surface area contributed by atoms with Gasteiger partial charge in [-0.2, -0.15) is 0 Å². The molecule has 0 saturated carbocycles. The van der Waals surface area contributed by atoms with Crippen molar-refractivity contribution in [2.24, 2.45) is 11.8 Å². The predicted molar refractivity (Wildman–Crippen MR) is 83.0 cm³/mol. The van der Waals surface area contributed by atoms with E-state index in [0.717, 1.165) is 11.3 Å². The maximum Gasteiger partial charge on any atom is 0.313 e. The van der Waals surface area contributed by atoms with Crippen LogP contribution < -0.4 is 4.74 Å². The summed E-state index contributed by atoms with van der Waals surface area (Å²) in [5, 5.41) is 0. The highest BCUT2D eigenvalue weighted by Gasteiger charge is 2.49. The third-order valence-electron chi connectivity index (χ3n) is 4.57. The number of hydrogen-bond acceptors (Lipinski definition) is 4. The van der Waals surface area contributed by atoms with Crippen LogP contribution in [0, 0.1) is 11.8 Å². The van der Waals surface area contributed by atoms with Crippen LogP contribution in [0.4, 0.5) is 0 Å². The van der Waals surface area contributed by atoms with E-state index in [0.29, 0.717) is 12.0 Å². The minimum atomic E-state index is -0.578. The summed E-state index contributed by atoms with van der Waals surface area (Å²) in [4.78, 5) is 24.6. The smallest absolute Gasteiger partial charge is 0.313 e. The third kappa shape index (κ3) is 2.50. The Morgan fingerprint density at radius 1 is 1.00 bits per heavy atom. The van der Waals surface area contributed by atoms with Gasteiger partial charge in [0.05, 0.1) is 11.8 Å². The summed E-state index contributed by atoms with van der Waals surface area (Å²) in [7, 11) is 0. The molecule has 2 aliphatic rings. The molecule has 2 aromatic rings. The van der Waals surface area contributed by atoms with Gasteiger partial charge >= 0.3 is 5.97 Å². The number of carbonyl (C=O) groups is 2. The van der Waals surface area contributed by atoms with E-state index in [1.807, 2.05) is 42.5 Å². The molecular formula is C19H16O4. The molecule has 0 spiro atoms. The molecule has 116 valence electrons. The first-order valence-electron chi connectivity index (χ1n) is 7.75. The van der Waals surface area contributed by atoms with Crippen LogP contribution in [0.25, 0.3) is 0 Å². The first-order valence-corrected chi connectivity index (χ1v) is 7.75. The van der Waals surface area contributed by atoms with Crippen LogP contribution in [0.1, 0.15) is 22.3 Å². The maximum atomic E-state index is 12.4. The van der Waals surface area contributed by atoms with E-state index in [-0.39, 0.29) is 24.1 Å². The van der Waals surface area contributed by atoms with Crippen LogP contribution in [-0.2, 0) is 16.0 Å². The van der Waals surface area contributed by atoms with E-state index in [9.17, 15) is 9.59 Å². The zero-order chi connectivity index (χ0) is 15.8. The topological polar surface area (TPSA) is 52.6 Å². The molecule has 0 radical (unpaired) electrons. The zero-order valence-corrected chi connectivity index (χ0v) is 12.5. The van der Waals surface area contributed by atoms with E-state index in [1.54, 1.807) is 12.1 Å². The van der Waals surface area contributed by atoms with Crippen LogP contribution in [-0.4, -0.2) is 18.0 Å². The molecule has 1 saturated heterocycles. The van der Waals surface area contributed by atoms with Gasteiger partial charge in [0.15, 0.2) is 5.78 Å². The summed E-state index contributed by atoms with van der Waals surface area (Å²) in [6.45, 7) is 0. The maximum absolute atomic E-state index is 12.4. The largest absolute Gasteiger partial charge is 0.454 e. The fourth-order valence-electron chi connectivity index (χ4n) is 3.35. The van der Waals surface area contributed by atoms with Crippen LogP contribution in [0.2, 0.25) is 0 Å². The second-order valence-electron chi connectivity index (χ2n) is 6.00. The lowest BCUT2D eigenvalue weighted by Gasteiger charge is -2.28. The second kappa shape index (κ2) is 5.54. The Hall–Kier alpha value is -2.62. The normalized spacial score (nSPS) is 25.0. The van der Waals surface area contributed by atoms with E-state index < -0.39 is 12.2 Å². The van der Waals surface area contributed by atoms with Gasteiger partial charge in [0.1, 0.15) is 5.75 Å². The number of esters is 1. The fraction of sp³-hybridized carbons (Fsp3) is 0.263. The molecule has 0 aromatic heterocycles. The number of carbonyl (C=O) groups excluding carboxylic acids is 2. The zero-order valence-electron chi connectivity index (χ0n) is 12.5. The van der Waals surface area contributed by atoms with Gasteiger partial charge in [-0.25, -0.2) is 0 Å². The highest BCUT2D eigenvalue weighted by Crippen LogP contribution is 2.41. The molecule has 3 atom stereocenters. The van der Waals surface area contributed by atoms with Crippen LogP contribution in [0.15, 0.2) is 54.6 Å². The molecule has 0 unspecified atom stereocenters. The Kier molecular flexibility index (Phi) is 3.37.